The summed E-state index contributed by atoms with van der Waals surface area (Å²) in [6.07, 6.45) is 11.6. The quantitative estimate of drug-likeness (QED) is 0.0509. The Morgan fingerprint density at radius 2 is 1.73 bits per heavy atom. The number of aromatic nitrogens is 4. The molecule has 4 aliphatic rings. The second-order valence-electron chi connectivity index (χ2n) is 21.5. The van der Waals surface area contributed by atoms with E-state index in [1.54, 1.807) is 24.4 Å². The van der Waals surface area contributed by atoms with Crippen molar-refractivity contribution in [2.24, 2.45) is 11.3 Å². The number of amides is 1. The van der Waals surface area contributed by atoms with Crippen molar-refractivity contribution < 1.29 is 28.0 Å². The highest BCUT2D eigenvalue weighted by Gasteiger charge is 2.50. The second-order valence-corrected chi connectivity index (χ2v) is 23.1. The van der Waals surface area contributed by atoms with Crippen molar-refractivity contribution in [2.45, 2.75) is 121 Å². The van der Waals surface area contributed by atoms with Crippen LogP contribution in [0.1, 0.15) is 119 Å². The molecule has 2 aliphatic heterocycles. The molecule has 4 fully saturated rings. The zero-order chi connectivity index (χ0) is 49.8. The molecule has 1 atom stereocenters. The lowest BCUT2D eigenvalue weighted by Crippen LogP contribution is -2.60. The fourth-order valence-electron chi connectivity index (χ4n) is 11.8. The van der Waals surface area contributed by atoms with E-state index in [2.05, 4.69) is 96.6 Å². The largest absolute Gasteiger partial charge is 0.455 e. The Morgan fingerprint density at radius 1 is 0.972 bits per heavy atom. The van der Waals surface area contributed by atoms with Crippen molar-refractivity contribution in [1.29, 1.82) is 0 Å². The van der Waals surface area contributed by atoms with E-state index in [-0.39, 0.29) is 39.4 Å². The fraction of sp³-hybridized carbons (Fsp3) is 0.491. The highest BCUT2D eigenvalue weighted by Crippen LogP contribution is 2.53. The molecular formula is C53H66N10O7S. The van der Waals surface area contributed by atoms with Gasteiger partial charge in [0.1, 0.15) is 33.2 Å². The average molecular weight is 987 g/mol. The van der Waals surface area contributed by atoms with E-state index in [1.807, 2.05) is 19.1 Å². The molecule has 5 N–H and O–H groups in total. The molecule has 2 saturated heterocycles. The molecule has 71 heavy (non-hydrogen) atoms. The van der Waals surface area contributed by atoms with Crippen LogP contribution in [0, 0.1) is 21.4 Å². The standard InChI is InChI=1S/C53H66N10O7S/c1-33(2)40-8-6-7-9-41(40)44-31-61(34(3)4)22-23-62(44)38-27-53(28-38)17-20-60(21-18-53)37-10-11-42(45(25-37)70-39-24-36-14-19-54-50(36)56-30-39)51(64)59-71(68,69)46-26-43(63(66)67)47(49-48(46)57-32-58-49)55-29-35-12-15-52(5,65)16-13-35/h6-11,14,19,24-26,30,32-35,38,44,55,65H,12-13,15-18,20-23,27-29,31H2,1-5H3,(H,54,56)(H,57,58)(H,59,64). The number of hydrogen-bond donors (Lipinski definition) is 5. The monoisotopic (exact) mass is 986 g/mol. The van der Waals surface area contributed by atoms with E-state index in [1.165, 1.54) is 23.7 Å². The Morgan fingerprint density at radius 3 is 2.46 bits per heavy atom. The zero-order valence-corrected chi connectivity index (χ0v) is 42.1. The number of sulfonamides is 1. The lowest BCUT2D eigenvalue weighted by molar-refractivity contribution is -0.384. The summed E-state index contributed by atoms with van der Waals surface area (Å²) >= 11 is 0. The maximum Gasteiger partial charge on any atom is 0.296 e. The number of nitro groups is 1. The molecule has 1 unspecified atom stereocenters. The van der Waals surface area contributed by atoms with Crippen LogP contribution in [0.2, 0.25) is 0 Å². The number of imidazole rings is 1. The number of rotatable bonds is 14. The summed E-state index contributed by atoms with van der Waals surface area (Å²) in [6, 6.07) is 20.1. The number of piperazine rings is 1. The van der Waals surface area contributed by atoms with Crippen molar-refractivity contribution >= 4 is 55.1 Å². The Kier molecular flexibility index (Phi) is 13.1. The van der Waals surface area contributed by atoms with Gasteiger partial charge in [-0.2, -0.15) is 0 Å². The highest BCUT2D eigenvalue weighted by atomic mass is 32.2. The molecular weight excluding hydrogens is 921 g/mol. The molecule has 376 valence electrons. The summed E-state index contributed by atoms with van der Waals surface area (Å²) in [6.45, 7) is 16.2. The van der Waals surface area contributed by atoms with Gasteiger partial charge >= 0.3 is 0 Å². The third-order valence-corrected chi connectivity index (χ3v) is 17.4. The number of H-pyrrole nitrogens is 2. The first-order valence-electron chi connectivity index (χ1n) is 25.2. The Hall–Kier alpha value is -6.08. The van der Waals surface area contributed by atoms with Gasteiger partial charge in [0, 0.05) is 86.8 Å². The normalized spacial score (nSPS) is 22.3. The van der Waals surface area contributed by atoms with Gasteiger partial charge in [0.05, 0.1) is 34.1 Å². The highest BCUT2D eigenvalue weighted by molar-refractivity contribution is 7.90. The number of fused-ring (bicyclic) bond motifs is 2. The first-order valence-corrected chi connectivity index (χ1v) is 26.7. The molecule has 5 heterocycles. The molecule has 1 spiro atoms. The minimum atomic E-state index is -4.75. The van der Waals surface area contributed by atoms with Gasteiger partial charge in [-0.05, 0) is 125 Å². The summed E-state index contributed by atoms with van der Waals surface area (Å²) in [4.78, 5) is 48.1. The molecule has 17 nitrogen and oxygen atoms in total. The predicted molar refractivity (Wildman–Crippen MR) is 275 cm³/mol. The van der Waals surface area contributed by atoms with E-state index in [4.69, 9.17) is 4.74 Å². The Bertz CT molecular complexity index is 3050. The minimum absolute atomic E-state index is 0.0505. The summed E-state index contributed by atoms with van der Waals surface area (Å²) in [7, 11) is -4.75. The molecule has 6 aromatic rings. The third kappa shape index (κ3) is 9.83. The van der Waals surface area contributed by atoms with Crippen LogP contribution in [0.15, 0.2) is 84.3 Å². The van der Waals surface area contributed by atoms with Crippen molar-refractivity contribution in [3.05, 3.63) is 106 Å². The number of carbonyl (C=O) groups is 1. The van der Waals surface area contributed by atoms with Crippen LogP contribution in [0.5, 0.6) is 11.5 Å². The van der Waals surface area contributed by atoms with Gasteiger partial charge < -0.3 is 30.0 Å². The first kappa shape index (κ1) is 48.5. The van der Waals surface area contributed by atoms with Crippen LogP contribution in [0.4, 0.5) is 17.1 Å². The Balaban J connectivity index is 0.871. The minimum Gasteiger partial charge on any atom is -0.455 e. The number of ether oxygens (including phenoxy) is 1. The number of nitro benzene ring substituents is 1. The number of benzene rings is 3. The number of piperidine rings is 1. The number of aliphatic hydroxyl groups is 1. The van der Waals surface area contributed by atoms with Crippen LogP contribution < -0.4 is 19.7 Å². The van der Waals surface area contributed by atoms with Crippen LogP contribution in [0.3, 0.4) is 0 Å². The number of hydrogen-bond acceptors (Lipinski definition) is 13. The lowest BCUT2D eigenvalue weighted by atomic mass is 9.59. The van der Waals surface area contributed by atoms with Crippen LogP contribution in [-0.2, 0) is 10.0 Å². The van der Waals surface area contributed by atoms with Crippen molar-refractivity contribution in [3.63, 3.8) is 0 Å². The van der Waals surface area contributed by atoms with Gasteiger partial charge in [-0.15, -0.1) is 0 Å². The molecule has 0 radical (unpaired) electrons. The SMILES string of the molecule is CC(C)c1ccccc1C1CN(C(C)C)CCN1C1CC2(CCN(c3ccc(C(=O)NS(=O)(=O)c4cc([N+](=O)[O-])c(NCC5CCC(C)(O)CC5)c5[nH]cnc45)c(Oc4cnc5[nH]ccc5c4)c3)CC2)C1. The van der Waals surface area contributed by atoms with Crippen LogP contribution in [0.25, 0.3) is 22.1 Å². The fourth-order valence-corrected chi connectivity index (χ4v) is 13.0. The number of carbonyl (C=O) groups excluding carboxylic acids is 1. The van der Waals surface area contributed by atoms with Gasteiger partial charge in [0.15, 0.2) is 0 Å². The maximum absolute atomic E-state index is 14.3. The maximum atomic E-state index is 14.3. The molecule has 3 aromatic heterocycles. The predicted octanol–water partition coefficient (Wildman–Crippen LogP) is 9.25. The van der Waals surface area contributed by atoms with Crippen molar-refractivity contribution in [1.82, 2.24) is 34.5 Å². The van der Waals surface area contributed by atoms with E-state index >= 15 is 0 Å². The van der Waals surface area contributed by atoms with Crippen LogP contribution >= 0.6 is 0 Å². The molecule has 18 heteroatoms. The van der Waals surface area contributed by atoms with Gasteiger partial charge in [-0.3, -0.25) is 24.7 Å². The third-order valence-electron chi connectivity index (χ3n) is 16.1. The van der Waals surface area contributed by atoms with Crippen molar-refractivity contribution in [3.8, 4) is 11.5 Å². The average Bonchev–Trinajstić information content (AvgIpc) is 4.03. The van der Waals surface area contributed by atoms with E-state index in [0.717, 1.165) is 88.4 Å². The Labute approximate surface area is 415 Å². The summed E-state index contributed by atoms with van der Waals surface area (Å²) in [5, 5.41) is 26.9. The number of pyridine rings is 1. The summed E-state index contributed by atoms with van der Waals surface area (Å²) in [5.74, 6) is 0.0956. The van der Waals surface area contributed by atoms with Crippen LogP contribution in [-0.4, -0.2) is 111 Å². The van der Waals surface area contributed by atoms with Crippen molar-refractivity contribution in [2.75, 3.05) is 49.5 Å². The zero-order valence-electron chi connectivity index (χ0n) is 41.3. The van der Waals surface area contributed by atoms with Gasteiger partial charge in [-0.1, -0.05) is 38.1 Å². The van der Waals surface area contributed by atoms with E-state index in [9.17, 15) is 28.4 Å². The van der Waals surface area contributed by atoms with Gasteiger partial charge in [-0.25, -0.2) is 23.1 Å². The summed E-state index contributed by atoms with van der Waals surface area (Å²) < 4.78 is 37.1. The van der Waals surface area contributed by atoms with E-state index in [0.29, 0.717) is 54.8 Å². The number of nitrogens with one attached hydrogen (secondary N) is 4. The smallest absolute Gasteiger partial charge is 0.296 e. The molecule has 10 rings (SSSR count). The number of anilines is 2. The number of nitrogens with zero attached hydrogens (tertiary/aromatic N) is 6. The van der Waals surface area contributed by atoms with Gasteiger partial charge in [0.25, 0.3) is 21.6 Å². The van der Waals surface area contributed by atoms with Gasteiger partial charge in [0.2, 0.25) is 0 Å². The second kappa shape index (κ2) is 19.2. The molecule has 3 aromatic carbocycles. The topological polar surface area (TPSA) is 215 Å². The lowest BCUT2D eigenvalue weighted by Gasteiger charge is -2.58. The molecule has 2 aliphatic carbocycles. The molecule has 2 saturated carbocycles. The van der Waals surface area contributed by atoms with E-state index < -0.39 is 37.0 Å². The molecule has 1 amide bonds. The number of aromatic amines is 2. The molecule has 0 bridgehead atoms. The first-order chi connectivity index (χ1) is 34.0. The summed E-state index contributed by atoms with van der Waals surface area (Å²) in [5.41, 5.74) is 3.54.